The zero-order valence-corrected chi connectivity index (χ0v) is 23.0. The number of H-pyrrole nitrogens is 1. The van der Waals surface area contributed by atoms with Gasteiger partial charge < -0.3 is 26.6 Å². The van der Waals surface area contributed by atoms with Gasteiger partial charge in [-0.2, -0.15) is 5.10 Å². The molecule has 0 spiro atoms. The van der Waals surface area contributed by atoms with E-state index in [1.165, 1.54) is 18.0 Å². The summed E-state index contributed by atoms with van der Waals surface area (Å²) < 4.78 is 28.6. The summed E-state index contributed by atoms with van der Waals surface area (Å²) in [6.45, 7) is 9.42. The first-order valence-electron chi connectivity index (χ1n) is 13.0. The molecule has 0 amide bonds. The highest BCUT2D eigenvalue weighted by Crippen LogP contribution is 2.27. The third-order valence-electron chi connectivity index (χ3n) is 6.27. The molecule has 2 atom stereocenters. The Kier molecular flexibility index (Phi) is 10.4. The van der Waals surface area contributed by atoms with Gasteiger partial charge in [0.15, 0.2) is 0 Å². The molecule has 11 heteroatoms. The molecule has 0 saturated heterocycles. The Hall–Kier alpha value is -3.54. The standard InChI is InChI=1S/C28H40F2N8O/c1-5-34-26-19(11-21(29)13-23(26)30)12-24(38(32)17-37-31)25(39)16-33-15-20-10-18(14-28(2,3)4)6-7-22(20)27-35-8-9-36-27/h6-11,13,17,24-25,33-34,39H,5,12,14-16,31-32H2,1-4H3,(H,35,36)/b37-17-. The van der Waals surface area contributed by atoms with Crippen molar-refractivity contribution in [3.8, 4) is 11.4 Å². The predicted octanol–water partition coefficient (Wildman–Crippen LogP) is 3.51. The number of hydrogen-bond acceptors (Lipinski definition) is 7. The van der Waals surface area contributed by atoms with Crippen molar-refractivity contribution >= 4 is 12.0 Å². The normalized spacial score (nSPS) is 13.5. The number of hydrazone groups is 1. The molecule has 0 bridgehead atoms. The molecule has 1 heterocycles. The van der Waals surface area contributed by atoms with Crippen LogP contribution in [0.1, 0.15) is 44.4 Å². The van der Waals surface area contributed by atoms with Crippen molar-refractivity contribution in [2.75, 3.05) is 18.4 Å². The molecule has 212 valence electrons. The van der Waals surface area contributed by atoms with E-state index in [2.05, 4.69) is 64.7 Å². The number of rotatable bonds is 13. The van der Waals surface area contributed by atoms with E-state index in [1.54, 1.807) is 12.4 Å². The van der Waals surface area contributed by atoms with Crippen molar-refractivity contribution in [1.82, 2.24) is 20.3 Å². The van der Waals surface area contributed by atoms with Crippen LogP contribution in [0.25, 0.3) is 11.4 Å². The first-order valence-corrected chi connectivity index (χ1v) is 13.0. The van der Waals surface area contributed by atoms with Crippen molar-refractivity contribution in [2.45, 2.75) is 59.2 Å². The van der Waals surface area contributed by atoms with Crippen LogP contribution >= 0.6 is 0 Å². The largest absolute Gasteiger partial charge is 0.390 e. The Bertz CT molecular complexity index is 1230. The number of hydrazine groups is 1. The quantitative estimate of drug-likeness (QED) is 0.0840. The van der Waals surface area contributed by atoms with E-state index in [1.807, 2.05) is 6.92 Å². The molecule has 0 aliphatic heterocycles. The molecule has 3 rings (SSSR count). The zero-order chi connectivity index (χ0) is 28.6. The lowest BCUT2D eigenvalue weighted by Crippen LogP contribution is -2.51. The first kappa shape index (κ1) is 30.0. The number of nitrogens with one attached hydrogen (secondary N) is 3. The number of aromatic nitrogens is 2. The average molecular weight is 543 g/mol. The van der Waals surface area contributed by atoms with Crippen LogP contribution in [0, 0.1) is 17.0 Å². The second-order valence-electron chi connectivity index (χ2n) is 10.8. The summed E-state index contributed by atoms with van der Waals surface area (Å²) in [4.78, 5) is 7.56. The molecule has 9 nitrogen and oxygen atoms in total. The number of nitrogens with zero attached hydrogens (tertiary/aromatic N) is 3. The van der Waals surface area contributed by atoms with Crippen molar-refractivity contribution in [3.05, 3.63) is 71.1 Å². The van der Waals surface area contributed by atoms with Crippen LogP contribution in [-0.4, -0.2) is 51.7 Å². The molecular formula is C28H40F2N8O. The van der Waals surface area contributed by atoms with Gasteiger partial charge in [0.1, 0.15) is 23.8 Å². The summed E-state index contributed by atoms with van der Waals surface area (Å²) in [5.41, 5.74) is 3.80. The number of imidazole rings is 1. The van der Waals surface area contributed by atoms with Gasteiger partial charge in [-0.3, -0.25) is 5.01 Å². The molecule has 1 aromatic heterocycles. The molecule has 2 unspecified atom stereocenters. The molecule has 2 aromatic carbocycles. The summed E-state index contributed by atoms with van der Waals surface area (Å²) in [7, 11) is 0. The van der Waals surface area contributed by atoms with Gasteiger partial charge in [0.2, 0.25) is 0 Å². The highest BCUT2D eigenvalue weighted by atomic mass is 19.1. The van der Waals surface area contributed by atoms with Crippen LogP contribution in [0.2, 0.25) is 0 Å². The van der Waals surface area contributed by atoms with Crippen LogP contribution in [-0.2, 0) is 19.4 Å². The smallest absolute Gasteiger partial charge is 0.149 e. The SMILES string of the molecule is CCNc1c(F)cc(F)cc1CC(C(O)CNCc1cc(CC(C)(C)C)ccc1-c1ncc[nH]1)N(N)/C=N\N. The van der Waals surface area contributed by atoms with Crippen LogP contribution in [0.15, 0.2) is 47.8 Å². The fraction of sp³-hybridized carbons (Fsp3) is 0.429. The van der Waals surface area contributed by atoms with E-state index in [0.29, 0.717) is 18.7 Å². The molecular weight excluding hydrogens is 502 g/mol. The lowest BCUT2D eigenvalue weighted by Gasteiger charge is -2.31. The number of halogens is 2. The summed E-state index contributed by atoms with van der Waals surface area (Å²) in [6.07, 6.45) is 4.56. The van der Waals surface area contributed by atoms with Crippen LogP contribution in [0.3, 0.4) is 0 Å². The second-order valence-corrected chi connectivity index (χ2v) is 10.8. The molecule has 8 N–H and O–H groups in total. The van der Waals surface area contributed by atoms with E-state index >= 15 is 0 Å². The maximum atomic E-state index is 14.5. The molecule has 0 aliphatic carbocycles. The highest BCUT2D eigenvalue weighted by molar-refractivity contribution is 5.61. The molecule has 0 saturated carbocycles. The number of aromatic amines is 1. The number of aliphatic hydroxyl groups excluding tert-OH is 1. The van der Waals surface area contributed by atoms with Crippen molar-refractivity contribution in [3.63, 3.8) is 0 Å². The molecule has 0 fully saturated rings. The van der Waals surface area contributed by atoms with Gasteiger partial charge in [0.05, 0.1) is 17.8 Å². The summed E-state index contributed by atoms with van der Waals surface area (Å²) in [5.74, 6) is 10.7. The van der Waals surface area contributed by atoms with Gasteiger partial charge in [-0.05, 0) is 47.9 Å². The van der Waals surface area contributed by atoms with Gasteiger partial charge in [0, 0.05) is 43.7 Å². The van der Waals surface area contributed by atoms with Crippen molar-refractivity contribution in [2.24, 2.45) is 22.2 Å². The summed E-state index contributed by atoms with van der Waals surface area (Å²) in [5, 5.41) is 22.0. The highest BCUT2D eigenvalue weighted by Gasteiger charge is 2.26. The summed E-state index contributed by atoms with van der Waals surface area (Å²) >= 11 is 0. The van der Waals surface area contributed by atoms with E-state index in [9.17, 15) is 13.9 Å². The number of benzene rings is 2. The van der Waals surface area contributed by atoms with Gasteiger partial charge >= 0.3 is 0 Å². The van der Waals surface area contributed by atoms with Crippen LogP contribution in [0.4, 0.5) is 14.5 Å². The number of anilines is 1. The van der Waals surface area contributed by atoms with Crippen LogP contribution < -0.4 is 22.3 Å². The van der Waals surface area contributed by atoms with Gasteiger partial charge in [0.25, 0.3) is 0 Å². The minimum absolute atomic E-state index is 0.0428. The maximum Gasteiger partial charge on any atom is 0.149 e. The zero-order valence-electron chi connectivity index (χ0n) is 23.0. The first-order chi connectivity index (χ1) is 18.5. The van der Waals surface area contributed by atoms with E-state index in [0.717, 1.165) is 34.4 Å². The van der Waals surface area contributed by atoms with Gasteiger partial charge in [-0.1, -0.05) is 39.0 Å². The predicted molar refractivity (Wildman–Crippen MR) is 152 cm³/mol. The van der Waals surface area contributed by atoms with Gasteiger partial charge in [-0.15, -0.1) is 0 Å². The topological polar surface area (TPSA) is 141 Å². The summed E-state index contributed by atoms with van der Waals surface area (Å²) in [6, 6.07) is 7.58. The fourth-order valence-corrected chi connectivity index (χ4v) is 4.64. The Morgan fingerprint density at radius 3 is 2.62 bits per heavy atom. The Morgan fingerprint density at radius 1 is 1.21 bits per heavy atom. The Morgan fingerprint density at radius 2 is 1.97 bits per heavy atom. The molecule has 3 aromatic rings. The van der Waals surface area contributed by atoms with E-state index in [4.69, 9.17) is 11.7 Å². The van der Waals surface area contributed by atoms with Gasteiger partial charge in [-0.25, -0.2) is 19.6 Å². The minimum atomic E-state index is -1.03. The molecule has 0 radical (unpaired) electrons. The van der Waals surface area contributed by atoms with E-state index < -0.39 is 23.8 Å². The monoisotopic (exact) mass is 542 g/mol. The third-order valence-corrected chi connectivity index (χ3v) is 6.27. The maximum absolute atomic E-state index is 14.5. The molecule has 39 heavy (non-hydrogen) atoms. The molecule has 0 aliphatic rings. The van der Waals surface area contributed by atoms with Crippen molar-refractivity contribution < 1.29 is 13.9 Å². The number of hydrogen-bond donors (Lipinski definition) is 6. The average Bonchev–Trinajstić information content (AvgIpc) is 3.38. The fourth-order valence-electron chi connectivity index (χ4n) is 4.64. The Balaban J connectivity index is 1.80. The number of nitrogens with two attached hydrogens (primary N) is 2. The van der Waals surface area contributed by atoms with Crippen LogP contribution in [0.5, 0.6) is 0 Å². The lowest BCUT2D eigenvalue weighted by atomic mass is 9.87. The van der Waals surface area contributed by atoms with Crippen molar-refractivity contribution in [1.29, 1.82) is 0 Å². The minimum Gasteiger partial charge on any atom is -0.390 e. The lowest BCUT2D eigenvalue weighted by molar-refractivity contribution is 0.0848. The second kappa shape index (κ2) is 13.5. The third kappa shape index (κ3) is 8.47. The van der Waals surface area contributed by atoms with E-state index in [-0.39, 0.29) is 24.1 Å². The Labute approximate surface area is 228 Å². The number of aliphatic hydroxyl groups is 1.